The second-order valence-electron chi connectivity index (χ2n) is 2.90. The molecular formula is C6H15N3O5Si. The predicted molar refractivity (Wildman–Crippen MR) is 54.0 cm³/mol. The van der Waals surface area contributed by atoms with Gasteiger partial charge in [0.1, 0.15) is 6.54 Å². The molecule has 0 aliphatic carbocycles. The Morgan fingerprint density at radius 1 is 1.40 bits per heavy atom. The van der Waals surface area contributed by atoms with Crippen molar-refractivity contribution in [3.8, 4) is 0 Å². The van der Waals surface area contributed by atoms with Gasteiger partial charge in [-0.15, -0.1) is 0 Å². The van der Waals surface area contributed by atoms with E-state index in [1.165, 1.54) is 0 Å². The van der Waals surface area contributed by atoms with Crippen LogP contribution in [0.25, 0.3) is 0 Å². The lowest BCUT2D eigenvalue weighted by Crippen LogP contribution is -2.37. The molecule has 0 radical (unpaired) electrons. The van der Waals surface area contributed by atoms with Crippen LogP contribution in [0.4, 0.5) is 0 Å². The third-order valence-electron chi connectivity index (χ3n) is 1.38. The summed E-state index contributed by atoms with van der Waals surface area (Å²) in [7, 11) is -3.98. The van der Waals surface area contributed by atoms with Crippen molar-refractivity contribution in [1.82, 2.24) is 5.32 Å². The van der Waals surface area contributed by atoms with Crippen molar-refractivity contribution in [3.63, 3.8) is 0 Å². The third kappa shape index (κ3) is 10.8. The van der Waals surface area contributed by atoms with E-state index in [0.29, 0.717) is 6.42 Å². The van der Waals surface area contributed by atoms with E-state index in [0.717, 1.165) is 0 Å². The second kappa shape index (κ2) is 6.34. The van der Waals surface area contributed by atoms with Crippen molar-refractivity contribution in [2.45, 2.75) is 12.5 Å². The third-order valence-corrected chi connectivity index (χ3v) is 2.40. The van der Waals surface area contributed by atoms with Crippen molar-refractivity contribution in [3.05, 3.63) is 0 Å². The Bertz CT molecular complexity index is 239. The number of rotatable bonds is 6. The van der Waals surface area contributed by atoms with Gasteiger partial charge in [0.05, 0.1) is 0 Å². The molecule has 0 spiro atoms. The van der Waals surface area contributed by atoms with Crippen molar-refractivity contribution < 1.29 is 24.3 Å². The molecule has 0 bridgehead atoms. The Balaban J connectivity index is 3.59. The summed E-state index contributed by atoms with van der Waals surface area (Å²) in [4.78, 5) is 39.5. The number of aliphatic carboxylic acids is 1. The molecule has 0 atom stereocenters. The average Bonchev–Trinajstić information content (AvgIpc) is 2.07. The summed E-state index contributed by atoms with van der Waals surface area (Å²) in [5, 5.41) is 10.8. The highest BCUT2D eigenvalue weighted by Crippen LogP contribution is 1.99. The number of carboxylic acid groups (broad SMARTS) is 1. The van der Waals surface area contributed by atoms with E-state index >= 15 is 0 Å². The second-order valence-corrected chi connectivity index (χ2v) is 4.95. The number of nitrogens with zero attached hydrogens (tertiary/aromatic N) is 1. The Kier molecular flexibility index (Phi) is 5.85. The van der Waals surface area contributed by atoms with E-state index in [1.807, 2.05) is 0 Å². The first kappa shape index (κ1) is 13.8. The molecule has 0 aromatic heterocycles. The zero-order valence-corrected chi connectivity index (χ0v) is 9.05. The van der Waals surface area contributed by atoms with Gasteiger partial charge in [-0.1, -0.05) is 0 Å². The minimum atomic E-state index is -3.98. The number of nitrogens with one attached hydrogen (secondary N) is 1. The fourth-order valence-corrected chi connectivity index (χ4v) is 1.40. The number of carbonyl (C=O) groups is 1. The molecule has 0 aromatic carbocycles. The molecule has 0 rings (SSSR count). The Morgan fingerprint density at radius 2 is 2.00 bits per heavy atom. The Labute approximate surface area is 87.4 Å². The number of hydrogen-bond donors (Lipinski definition) is 6. The van der Waals surface area contributed by atoms with Crippen LogP contribution in [0.5, 0.6) is 0 Å². The van der Waals surface area contributed by atoms with Crippen LogP contribution in [0.1, 0.15) is 6.42 Å². The van der Waals surface area contributed by atoms with Gasteiger partial charge in [0.2, 0.25) is 0 Å². The lowest BCUT2D eigenvalue weighted by Gasteiger charge is -2.09. The highest BCUT2D eigenvalue weighted by molar-refractivity contribution is 6.56. The van der Waals surface area contributed by atoms with Gasteiger partial charge < -0.3 is 30.5 Å². The molecule has 0 saturated heterocycles. The van der Waals surface area contributed by atoms with Crippen molar-refractivity contribution in [2.24, 2.45) is 10.7 Å². The van der Waals surface area contributed by atoms with Crippen LogP contribution in [0.15, 0.2) is 4.99 Å². The summed E-state index contributed by atoms with van der Waals surface area (Å²) in [5.74, 6) is -1.12. The quantitative estimate of drug-likeness (QED) is 0.127. The lowest BCUT2D eigenvalue weighted by atomic mass is 10.5. The van der Waals surface area contributed by atoms with Gasteiger partial charge in [-0.05, 0) is 6.42 Å². The van der Waals surface area contributed by atoms with Crippen molar-refractivity contribution in [1.29, 1.82) is 0 Å². The Hall–Kier alpha value is -1.16. The number of hydrogen-bond acceptors (Lipinski definition) is 5. The maximum atomic E-state index is 10.1. The number of guanidine groups is 1. The maximum absolute atomic E-state index is 10.1. The molecule has 0 unspecified atom stereocenters. The van der Waals surface area contributed by atoms with Crippen LogP contribution in [0.3, 0.4) is 0 Å². The van der Waals surface area contributed by atoms with Crippen LogP contribution < -0.4 is 11.1 Å². The van der Waals surface area contributed by atoms with Crippen LogP contribution >= 0.6 is 0 Å². The molecule has 0 saturated carbocycles. The van der Waals surface area contributed by atoms with Gasteiger partial charge >= 0.3 is 14.8 Å². The molecule has 0 fully saturated rings. The molecule has 0 amide bonds. The summed E-state index contributed by atoms with van der Waals surface area (Å²) in [6, 6.07) is -0.105. The van der Waals surface area contributed by atoms with Gasteiger partial charge in [0, 0.05) is 12.6 Å². The Morgan fingerprint density at radius 3 is 2.47 bits per heavy atom. The van der Waals surface area contributed by atoms with Gasteiger partial charge in [0.15, 0.2) is 5.96 Å². The molecule has 0 heterocycles. The highest BCUT2D eigenvalue weighted by atomic mass is 28.4. The molecule has 0 aliphatic rings. The van der Waals surface area contributed by atoms with Crippen LogP contribution in [0, 0.1) is 0 Å². The number of carboxylic acids is 1. The molecular weight excluding hydrogens is 222 g/mol. The standard InChI is InChI=1S/C6H15N3O5Si/c7-6(9-4-5(10)11)8-2-1-3-15(12,13)14/h12-14H,1-4H2,(H,10,11)(H3,7,8,9). The van der Waals surface area contributed by atoms with E-state index in [-0.39, 0.29) is 18.5 Å². The summed E-state index contributed by atoms with van der Waals surface area (Å²) >= 11 is 0. The topological polar surface area (TPSA) is 148 Å². The first-order chi connectivity index (χ1) is 6.81. The number of aliphatic imine (C=N–C) groups is 1. The first-order valence-electron chi connectivity index (χ1n) is 4.24. The van der Waals surface area contributed by atoms with E-state index in [4.69, 9.17) is 25.2 Å². The lowest BCUT2D eigenvalue weighted by molar-refractivity contribution is -0.135. The fourth-order valence-electron chi connectivity index (χ4n) is 0.751. The van der Waals surface area contributed by atoms with Crippen molar-refractivity contribution in [2.75, 3.05) is 13.1 Å². The highest BCUT2D eigenvalue weighted by Gasteiger charge is 2.25. The largest absolute Gasteiger partial charge is 0.492 e. The van der Waals surface area contributed by atoms with E-state index < -0.39 is 21.3 Å². The minimum absolute atomic E-state index is 0.0292. The smallest absolute Gasteiger partial charge is 0.480 e. The van der Waals surface area contributed by atoms with E-state index in [9.17, 15) is 4.79 Å². The van der Waals surface area contributed by atoms with Gasteiger partial charge in [0.25, 0.3) is 0 Å². The zero-order chi connectivity index (χ0) is 11.9. The van der Waals surface area contributed by atoms with Crippen molar-refractivity contribution >= 4 is 20.7 Å². The molecule has 0 aromatic rings. The summed E-state index contributed by atoms with van der Waals surface area (Å²) < 4.78 is 0. The van der Waals surface area contributed by atoms with Crippen LogP contribution in [-0.2, 0) is 4.79 Å². The fraction of sp³-hybridized carbons (Fsp3) is 0.667. The molecule has 9 heteroatoms. The summed E-state index contributed by atoms with van der Waals surface area (Å²) in [6.45, 7) is -0.136. The summed E-state index contributed by atoms with van der Waals surface area (Å²) in [5.41, 5.74) is 5.27. The average molecular weight is 237 g/mol. The van der Waals surface area contributed by atoms with Gasteiger partial charge in [-0.25, -0.2) is 4.99 Å². The van der Waals surface area contributed by atoms with Gasteiger partial charge in [-0.3, -0.25) is 4.79 Å². The molecule has 7 N–H and O–H groups in total. The first-order valence-corrected chi connectivity index (χ1v) is 6.29. The molecule has 8 nitrogen and oxygen atoms in total. The SMILES string of the molecule is NC(=NCC(=O)O)NCCC[Si](O)(O)O. The van der Waals surface area contributed by atoms with Crippen LogP contribution in [-0.4, -0.2) is 53.3 Å². The monoisotopic (exact) mass is 237 g/mol. The van der Waals surface area contributed by atoms with Crippen LogP contribution in [0.2, 0.25) is 6.04 Å². The van der Waals surface area contributed by atoms with E-state index in [2.05, 4.69) is 10.3 Å². The maximum Gasteiger partial charge on any atom is 0.492 e. The zero-order valence-electron chi connectivity index (χ0n) is 8.05. The molecule has 0 aliphatic heterocycles. The number of nitrogens with two attached hydrogens (primary N) is 1. The normalized spacial score (nSPS) is 12.6. The van der Waals surface area contributed by atoms with Gasteiger partial charge in [-0.2, -0.15) is 0 Å². The summed E-state index contributed by atoms with van der Waals surface area (Å²) in [6.07, 6.45) is 0.305. The minimum Gasteiger partial charge on any atom is -0.480 e. The van der Waals surface area contributed by atoms with E-state index in [1.54, 1.807) is 0 Å². The predicted octanol–water partition coefficient (Wildman–Crippen LogP) is -2.72. The molecule has 15 heavy (non-hydrogen) atoms. The molecule has 88 valence electrons.